The van der Waals surface area contributed by atoms with Gasteiger partial charge in [0.25, 0.3) is 0 Å². The van der Waals surface area contributed by atoms with Crippen molar-refractivity contribution in [3.8, 4) is 22.5 Å². The van der Waals surface area contributed by atoms with Crippen LogP contribution in [0.3, 0.4) is 0 Å². The Bertz CT molecular complexity index is 1140. The number of likely N-dealkylation sites (tertiary alicyclic amines) is 1. The molecule has 3 heterocycles. The molecule has 0 saturated carbocycles. The van der Waals surface area contributed by atoms with Crippen molar-refractivity contribution in [3.05, 3.63) is 65.7 Å². The average Bonchev–Trinajstić information content (AvgIpc) is 3.51. The zero-order chi connectivity index (χ0) is 23.3. The summed E-state index contributed by atoms with van der Waals surface area (Å²) >= 11 is 2.11. The Hall–Kier alpha value is -2.07. The van der Waals surface area contributed by atoms with E-state index >= 15 is 0 Å². The smallest absolute Gasteiger partial charge is 0.142 e. The van der Waals surface area contributed by atoms with Gasteiger partial charge in [-0.1, -0.05) is 12.1 Å². The molecule has 0 amide bonds. The number of aryl methyl sites for hydroxylation is 1. The summed E-state index contributed by atoms with van der Waals surface area (Å²) in [5.41, 5.74) is 7.18. The predicted molar refractivity (Wildman–Crippen MR) is 144 cm³/mol. The number of methoxy groups -OCH3 is 1. The normalized spacial score (nSPS) is 18.0. The van der Waals surface area contributed by atoms with E-state index in [2.05, 4.69) is 77.7 Å². The predicted octanol–water partition coefficient (Wildman–Crippen LogP) is 5.29. The van der Waals surface area contributed by atoms with E-state index in [0.29, 0.717) is 6.04 Å². The first-order valence-corrected chi connectivity index (χ1v) is 13.0. The molecular formula is C27H31IN4O2. The van der Waals surface area contributed by atoms with Gasteiger partial charge in [0.2, 0.25) is 0 Å². The van der Waals surface area contributed by atoms with E-state index < -0.39 is 0 Å². The molecule has 0 bridgehead atoms. The molecule has 1 fully saturated rings. The van der Waals surface area contributed by atoms with Gasteiger partial charge in [0.05, 0.1) is 41.7 Å². The second-order valence-corrected chi connectivity index (χ2v) is 9.57. The number of fused-ring (bicyclic) bond motifs is 1. The fourth-order valence-electron chi connectivity index (χ4n) is 5.01. The van der Waals surface area contributed by atoms with Crippen molar-refractivity contribution in [2.75, 3.05) is 33.4 Å². The van der Waals surface area contributed by atoms with Crippen LogP contribution in [0.5, 0.6) is 0 Å². The highest BCUT2D eigenvalue weighted by Gasteiger charge is 2.22. The number of aromatic nitrogens is 1. The maximum absolute atomic E-state index is 6.49. The molecule has 1 aliphatic heterocycles. The van der Waals surface area contributed by atoms with Crippen LogP contribution in [0, 0.1) is 0 Å². The number of nitrogens with one attached hydrogen (secondary N) is 1. The number of ether oxygens (including phenoxy) is 1. The van der Waals surface area contributed by atoms with Gasteiger partial charge in [-0.05, 0) is 79.7 Å². The summed E-state index contributed by atoms with van der Waals surface area (Å²) in [6.45, 7) is 4.79. The lowest BCUT2D eigenvalue weighted by Crippen LogP contribution is -2.43. The van der Waals surface area contributed by atoms with E-state index in [1.165, 1.54) is 16.8 Å². The van der Waals surface area contributed by atoms with Crippen molar-refractivity contribution in [3.63, 3.8) is 0 Å². The van der Waals surface area contributed by atoms with Crippen LogP contribution in [0.25, 0.3) is 22.5 Å². The highest BCUT2D eigenvalue weighted by Crippen LogP contribution is 2.37. The third-order valence-electron chi connectivity index (χ3n) is 6.95. The third-order valence-corrected chi connectivity index (χ3v) is 7.53. The summed E-state index contributed by atoms with van der Waals surface area (Å²) in [4.78, 5) is 6.68. The largest absolute Gasteiger partial charge is 0.459 e. The molecule has 5 rings (SSSR count). The van der Waals surface area contributed by atoms with Crippen LogP contribution < -0.4 is 5.32 Å². The lowest BCUT2D eigenvalue weighted by molar-refractivity contribution is 0.125. The van der Waals surface area contributed by atoms with Gasteiger partial charge in [0.15, 0.2) is 0 Å². The highest BCUT2D eigenvalue weighted by molar-refractivity contribution is 14.1. The van der Waals surface area contributed by atoms with Crippen molar-refractivity contribution in [2.45, 2.75) is 38.3 Å². The molecule has 2 aliphatic rings. The van der Waals surface area contributed by atoms with Gasteiger partial charge in [-0.3, -0.25) is 4.98 Å². The van der Waals surface area contributed by atoms with Gasteiger partial charge in [-0.25, -0.2) is 3.21 Å². The molecule has 178 valence electrons. The zero-order valence-corrected chi connectivity index (χ0v) is 21.8. The van der Waals surface area contributed by atoms with Crippen molar-refractivity contribution in [2.24, 2.45) is 3.21 Å². The van der Waals surface area contributed by atoms with Gasteiger partial charge in [-0.15, -0.1) is 0 Å². The van der Waals surface area contributed by atoms with Crippen LogP contribution in [0.1, 0.15) is 36.1 Å². The molecule has 0 atom stereocenters. The minimum atomic E-state index is 0.516. The van der Waals surface area contributed by atoms with Crippen LogP contribution in [0.15, 0.2) is 56.4 Å². The standard InChI is InChI=1S/C27H31IN4O2/c1-33-15-14-32-12-8-22(9-13-32)30-18-23-17-25(19-6-10-29-11-7-19)27(34-23)21-2-4-24-20(16-21)3-5-26(24)31-28/h2,4,6-7,10-11,16-17,22,30H,3,5,8-9,12-15,18H2,1H3/b31-26+. The van der Waals surface area contributed by atoms with E-state index in [0.717, 1.165) is 86.7 Å². The first-order valence-electron chi connectivity index (χ1n) is 12.0. The van der Waals surface area contributed by atoms with Crippen molar-refractivity contribution >= 4 is 28.6 Å². The van der Waals surface area contributed by atoms with Crippen LogP contribution in [-0.4, -0.2) is 55.0 Å². The highest BCUT2D eigenvalue weighted by atomic mass is 127. The monoisotopic (exact) mass is 570 g/mol. The molecule has 34 heavy (non-hydrogen) atoms. The molecule has 2 aromatic heterocycles. The number of nitrogens with zero attached hydrogens (tertiary/aromatic N) is 3. The van der Waals surface area contributed by atoms with Crippen LogP contribution in [0.4, 0.5) is 0 Å². The van der Waals surface area contributed by atoms with Gasteiger partial charge < -0.3 is 19.4 Å². The van der Waals surface area contributed by atoms with Crippen LogP contribution >= 0.6 is 22.9 Å². The molecule has 0 unspecified atom stereocenters. The number of halogens is 1. The molecular weight excluding hydrogens is 539 g/mol. The lowest BCUT2D eigenvalue weighted by Gasteiger charge is -2.32. The average molecular weight is 570 g/mol. The fraction of sp³-hybridized carbons (Fsp3) is 0.407. The molecule has 7 heteroatoms. The Morgan fingerprint density at radius 2 is 1.91 bits per heavy atom. The number of benzene rings is 1. The summed E-state index contributed by atoms with van der Waals surface area (Å²) in [5, 5.41) is 3.73. The number of hydrogen-bond donors (Lipinski definition) is 1. The Morgan fingerprint density at radius 1 is 1.09 bits per heavy atom. The maximum atomic E-state index is 6.49. The lowest BCUT2D eigenvalue weighted by atomic mass is 9.99. The van der Waals surface area contributed by atoms with Crippen LogP contribution in [0.2, 0.25) is 0 Å². The zero-order valence-electron chi connectivity index (χ0n) is 19.6. The Morgan fingerprint density at radius 3 is 2.68 bits per heavy atom. The van der Waals surface area contributed by atoms with Crippen molar-refractivity contribution in [1.29, 1.82) is 0 Å². The fourth-order valence-corrected chi connectivity index (χ4v) is 5.52. The first-order chi connectivity index (χ1) is 16.7. The maximum Gasteiger partial charge on any atom is 0.142 e. The SMILES string of the molecule is COCCN1CCC(NCc2cc(-c3ccncc3)c(-c3ccc4c(c3)CC/C4=N\I)o2)CC1. The van der Waals surface area contributed by atoms with Crippen molar-refractivity contribution < 1.29 is 9.15 Å². The number of pyridine rings is 1. The third kappa shape index (κ3) is 5.27. The summed E-state index contributed by atoms with van der Waals surface area (Å²) in [7, 11) is 1.77. The summed E-state index contributed by atoms with van der Waals surface area (Å²) in [6, 6.07) is 13.5. The molecule has 1 saturated heterocycles. The molecule has 1 aromatic carbocycles. The van der Waals surface area contributed by atoms with E-state index in [9.17, 15) is 0 Å². The van der Waals surface area contributed by atoms with Gasteiger partial charge in [-0.2, -0.15) is 0 Å². The summed E-state index contributed by atoms with van der Waals surface area (Å²) in [6.07, 6.45) is 8.03. The number of hydrogen-bond acceptors (Lipinski definition) is 6. The minimum absolute atomic E-state index is 0.516. The molecule has 6 nitrogen and oxygen atoms in total. The van der Waals surface area contributed by atoms with Gasteiger partial charge >= 0.3 is 0 Å². The van der Waals surface area contributed by atoms with E-state index in [1.807, 2.05) is 12.4 Å². The first kappa shape index (κ1) is 23.7. The second kappa shape index (κ2) is 11.1. The molecule has 0 spiro atoms. The molecule has 1 aliphatic carbocycles. The van der Waals surface area contributed by atoms with Crippen LogP contribution in [-0.2, 0) is 17.7 Å². The minimum Gasteiger partial charge on any atom is -0.459 e. The number of piperidine rings is 1. The molecule has 1 N–H and O–H groups in total. The van der Waals surface area contributed by atoms with Crippen molar-refractivity contribution in [1.82, 2.24) is 15.2 Å². The van der Waals surface area contributed by atoms with Gasteiger partial charge in [0, 0.05) is 43.2 Å². The van der Waals surface area contributed by atoms with E-state index in [4.69, 9.17) is 9.15 Å². The molecule has 0 radical (unpaired) electrons. The number of rotatable bonds is 8. The van der Waals surface area contributed by atoms with Gasteiger partial charge in [0.1, 0.15) is 11.5 Å². The quantitative estimate of drug-likeness (QED) is 0.373. The second-order valence-electron chi connectivity index (χ2n) is 9.08. The van der Waals surface area contributed by atoms with E-state index in [1.54, 1.807) is 7.11 Å². The summed E-state index contributed by atoms with van der Waals surface area (Å²) < 4.78 is 16.1. The topological polar surface area (TPSA) is 62.9 Å². The number of furan rings is 1. The Labute approximate surface area is 215 Å². The molecule has 3 aromatic rings. The van der Waals surface area contributed by atoms with E-state index in [-0.39, 0.29) is 0 Å². The summed E-state index contributed by atoms with van der Waals surface area (Å²) in [5.74, 6) is 1.90. The Balaban J connectivity index is 1.34. The Kier molecular flexibility index (Phi) is 7.73.